The number of aliphatic carboxylic acids is 1. The number of H-pyrrole nitrogens is 1. The number of carboxylic acid groups (broad SMARTS) is 1. The maximum atomic E-state index is 10.9. The van der Waals surface area contributed by atoms with Gasteiger partial charge in [-0.15, -0.1) is 0 Å². The molecule has 1 aliphatic carbocycles. The van der Waals surface area contributed by atoms with E-state index in [0.29, 0.717) is 16.7 Å². The Morgan fingerprint density at radius 1 is 1.26 bits per heavy atom. The number of likely N-dealkylation sites (N-methyl/N-ethyl adjacent to an activating group) is 1. The van der Waals surface area contributed by atoms with Crippen LogP contribution in [0, 0.1) is 5.92 Å². The Kier molecular flexibility index (Phi) is 5.22. The molecule has 0 bridgehead atoms. The van der Waals surface area contributed by atoms with Crippen LogP contribution in [0.5, 0.6) is 6.01 Å². The summed E-state index contributed by atoms with van der Waals surface area (Å²) in [5.74, 6) is -0.487. The molecule has 0 unspecified atom stereocenters. The topological polar surface area (TPSA) is 91.3 Å². The van der Waals surface area contributed by atoms with E-state index in [1.165, 1.54) is 11.3 Å². The summed E-state index contributed by atoms with van der Waals surface area (Å²) < 4.78 is 6.05. The van der Waals surface area contributed by atoms with E-state index in [1.807, 2.05) is 6.07 Å². The summed E-state index contributed by atoms with van der Waals surface area (Å²) in [7, 11) is 2.10. The number of nitrogens with zero attached hydrogens (tertiary/aromatic N) is 3. The second-order valence-corrected chi connectivity index (χ2v) is 9.01. The minimum Gasteiger partial charge on any atom is -0.481 e. The summed E-state index contributed by atoms with van der Waals surface area (Å²) >= 11 is 6.57. The Morgan fingerprint density at radius 2 is 2.06 bits per heavy atom. The second kappa shape index (κ2) is 8.04. The third-order valence-electron chi connectivity index (χ3n) is 6.42. The number of imidazole rings is 1. The van der Waals surface area contributed by atoms with Crippen LogP contribution in [0.1, 0.15) is 37.7 Å². The molecule has 31 heavy (non-hydrogen) atoms. The monoisotopic (exact) mass is 440 g/mol. The first-order valence-corrected chi connectivity index (χ1v) is 11.1. The molecule has 0 radical (unpaired) electrons. The lowest BCUT2D eigenvalue weighted by Crippen LogP contribution is -2.25. The van der Waals surface area contributed by atoms with Gasteiger partial charge in [0, 0.05) is 31.3 Å². The number of aromatic amines is 1. The van der Waals surface area contributed by atoms with Crippen molar-refractivity contribution in [1.29, 1.82) is 0 Å². The highest BCUT2D eigenvalue weighted by molar-refractivity contribution is 6.33. The normalized spacial score (nSPS) is 20.8. The van der Waals surface area contributed by atoms with Crippen molar-refractivity contribution in [3.8, 4) is 17.3 Å². The van der Waals surface area contributed by atoms with Gasteiger partial charge < -0.3 is 19.7 Å². The zero-order chi connectivity index (χ0) is 21.5. The molecular formula is C23H25ClN4O3. The molecule has 0 amide bonds. The van der Waals surface area contributed by atoms with Crippen molar-refractivity contribution in [2.24, 2.45) is 5.92 Å². The minimum atomic E-state index is -0.726. The molecule has 162 valence electrons. The molecule has 1 aliphatic heterocycles. The minimum absolute atomic E-state index is 0.0363. The van der Waals surface area contributed by atoms with E-state index in [4.69, 9.17) is 26.4 Å². The van der Waals surface area contributed by atoms with Crippen molar-refractivity contribution in [3.05, 3.63) is 34.9 Å². The molecule has 1 aromatic carbocycles. The SMILES string of the molecule is CN1CCc2cc(-c3nc4nc(OC5CCC(CC(=O)O)CC5)[nH]c4cc3Cl)ccc21. The number of carboxylic acids is 1. The average Bonchev–Trinajstić information content (AvgIpc) is 3.30. The first-order valence-electron chi connectivity index (χ1n) is 10.8. The number of anilines is 1. The number of hydrogen-bond acceptors (Lipinski definition) is 5. The molecule has 0 atom stereocenters. The lowest BCUT2D eigenvalue weighted by atomic mass is 9.85. The lowest BCUT2D eigenvalue weighted by Gasteiger charge is -2.27. The van der Waals surface area contributed by atoms with Crippen LogP contribution in [0.4, 0.5) is 5.69 Å². The van der Waals surface area contributed by atoms with Crippen molar-refractivity contribution < 1.29 is 14.6 Å². The Bertz CT molecular complexity index is 1140. The van der Waals surface area contributed by atoms with Crippen LogP contribution in [0.15, 0.2) is 24.3 Å². The molecule has 1 fully saturated rings. The first kappa shape index (κ1) is 20.1. The molecule has 8 heteroatoms. The fraction of sp³-hybridized carbons (Fsp3) is 0.435. The van der Waals surface area contributed by atoms with Crippen LogP contribution in [0.2, 0.25) is 5.02 Å². The highest BCUT2D eigenvalue weighted by Crippen LogP contribution is 2.35. The molecule has 2 aromatic heterocycles. The summed E-state index contributed by atoms with van der Waals surface area (Å²) in [6.45, 7) is 1.03. The number of fused-ring (bicyclic) bond motifs is 2. The van der Waals surface area contributed by atoms with Crippen molar-refractivity contribution in [1.82, 2.24) is 15.0 Å². The van der Waals surface area contributed by atoms with Crippen LogP contribution in [0.3, 0.4) is 0 Å². The number of aromatic nitrogens is 3. The Morgan fingerprint density at radius 3 is 2.84 bits per heavy atom. The van der Waals surface area contributed by atoms with Crippen molar-refractivity contribution in [3.63, 3.8) is 0 Å². The van der Waals surface area contributed by atoms with Gasteiger partial charge in [-0.05, 0) is 61.8 Å². The molecule has 5 rings (SSSR count). The predicted molar refractivity (Wildman–Crippen MR) is 120 cm³/mol. The Labute approximate surface area is 185 Å². The molecule has 1 saturated carbocycles. The van der Waals surface area contributed by atoms with Gasteiger partial charge in [0.05, 0.1) is 16.2 Å². The summed E-state index contributed by atoms with van der Waals surface area (Å²) in [5, 5.41) is 9.54. The quantitative estimate of drug-likeness (QED) is 0.598. The largest absolute Gasteiger partial charge is 0.481 e. The number of pyridine rings is 1. The summed E-state index contributed by atoms with van der Waals surface area (Å²) in [6.07, 6.45) is 4.68. The van der Waals surface area contributed by atoms with Crippen LogP contribution >= 0.6 is 11.6 Å². The summed E-state index contributed by atoms with van der Waals surface area (Å²) in [4.78, 5) is 25.6. The number of rotatable bonds is 5. The Hall–Kier alpha value is -2.80. The molecule has 0 spiro atoms. The third-order valence-corrected chi connectivity index (χ3v) is 6.71. The zero-order valence-corrected chi connectivity index (χ0v) is 18.2. The number of halogens is 1. The van der Waals surface area contributed by atoms with Crippen molar-refractivity contribution >= 4 is 34.4 Å². The second-order valence-electron chi connectivity index (χ2n) is 8.61. The van der Waals surface area contributed by atoms with E-state index >= 15 is 0 Å². The van der Waals surface area contributed by atoms with Gasteiger partial charge in [-0.2, -0.15) is 4.98 Å². The van der Waals surface area contributed by atoms with Crippen molar-refractivity contribution in [2.45, 2.75) is 44.6 Å². The van der Waals surface area contributed by atoms with E-state index < -0.39 is 5.97 Å². The van der Waals surface area contributed by atoms with Crippen LogP contribution < -0.4 is 9.64 Å². The Balaban J connectivity index is 1.34. The number of benzene rings is 1. The maximum absolute atomic E-state index is 10.9. The van der Waals surface area contributed by atoms with E-state index in [2.05, 4.69) is 40.1 Å². The number of ether oxygens (including phenoxy) is 1. The van der Waals surface area contributed by atoms with E-state index in [9.17, 15) is 4.79 Å². The van der Waals surface area contributed by atoms with Gasteiger partial charge in [-0.3, -0.25) is 4.79 Å². The molecule has 3 aromatic rings. The van der Waals surface area contributed by atoms with E-state index in [-0.39, 0.29) is 18.4 Å². The molecule has 3 heterocycles. The molecule has 7 nitrogen and oxygen atoms in total. The smallest absolute Gasteiger partial charge is 0.303 e. The fourth-order valence-electron chi connectivity index (χ4n) is 4.73. The highest BCUT2D eigenvalue weighted by atomic mass is 35.5. The van der Waals surface area contributed by atoms with Crippen molar-refractivity contribution in [2.75, 3.05) is 18.5 Å². The number of hydrogen-bond donors (Lipinski definition) is 2. The van der Waals surface area contributed by atoms with Gasteiger partial charge in [0.1, 0.15) is 6.10 Å². The van der Waals surface area contributed by atoms with Gasteiger partial charge in [0.2, 0.25) is 0 Å². The molecule has 2 N–H and O–H groups in total. The van der Waals surface area contributed by atoms with Crippen LogP contribution in [-0.2, 0) is 11.2 Å². The van der Waals surface area contributed by atoms with Crippen LogP contribution in [0.25, 0.3) is 22.4 Å². The molecule has 2 aliphatic rings. The van der Waals surface area contributed by atoms with Gasteiger partial charge >= 0.3 is 5.97 Å². The first-order chi connectivity index (χ1) is 15.0. The fourth-order valence-corrected chi connectivity index (χ4v) is 4.99. The molecule has 0 saturated heterocycles. The van der Waals surface area contributed by atoms with E-state index in [0.717, 1.165) is 55.4 Å². The van der Waals surface area contributed by atoms with Gasteiger partial charge in [0.25, 0.3) is 6.01 Å². The number of carbonyl (C=O) groups is 1. The lowest BCUT2D eigenvalue weighted by molar-refractivity contribution is -0.138. The van der Waals surface area contributed by atoms with Gasteiger partial charge in [-0.25, -0.2) is 4.98 Å². The third kappa shape index (κ3) is 4.06. The maximum Gasteiger partial charge on any atom is 0.303 e. The zero-order valence-electron chi connectivity index (χ0n) is 17.4. The van der Waals surface area contributed by atoms with E-state index in [1.54, 1.807) is 0 Å². The average molecular weight is 441 g/mol. The predicted octanol–water partition coefficient (Wildman–Crippen LogP) is 4.68. The van der Waals surface area contributed by atoms with Gasteiger partial charge in [0.15, 0.2) is 5.65 Å². The summed E-state index contributed by atoms with van der Waals surface area (Å²) in [5.41, 5.74) is 5.59. The standard InChI is InChI=1S/C23H25ClN4O3/c1-28-9-8-14-11-15(4-7-19(14)28)21-17(24)12-18-22(26-21)27-23(25-18)31-16-5-2-13(3-6-16)10-20(29)30/h4,7,11-13,16H,2-3,5-6,8-10H2,1H3,(H,29,30)(H,25,26,27). The summed E-state index contributed by atoms with van der Waals surface area (Å²) in [6, 6.07) is 8.63. The number of nitrogens with one attached hydrogen (secondary N) is 1. The van der Waals surface area contributed by atoms with Crippen LogP contribution in [-0.4, -0.2) is 45.7 Å². The highest BCUT2D eigenvalue weighted by Gasteiger charge is 2.25. The molecular weight excluding hydrogens is 416 g/mol. The van der Waals surface area contributed by atoms with Gasteiger partial charge in [-0.1, -0.05) is 17.7 Å².